The molecule has 2 radical (unpaired) electrons. The van der Waals surface area contributed by atoms with Crippen LogP contribution in [0.15, 0.2) is 0 Å². The second-order valence-electron chi connectivity index (χ2n) is 3.78. The van der Waals surface area contributed by atoms with E-state index in [1.54, 1.807) is 0 Å². The molecule has 0 heteroatoms. The maximum absolute atomic E-state index is 3.91. The molecule has 0 aliphatic heterocycles. The molecule has 10 heavy (non-hydrogen) atoms. The second-order valence-corrected chi connectivity index (χ2v) is 3.78. The molecule has 1 unspecified atom stereocenters. The molecule has 0 saturated heterocycles. The van der Waals surface area contributed by atoms with Crippen molar-refractivity contribution in [1.82, 2.24) is 0 Å². The zero-order valence-electron chi connectivity index (χ0n) is 7.61. The van der Waals surface area contributed by atoms with Gasteiger partial charge in [-0.05, 0) is 17.8 Å². The van der Waals surface area contributed by atoms with E-state index in [2.05, 4.69) is 34.6 Å². The summed E-state index contributed by atoms with van der Waals surface area (Å²) in [7, 11) is 0. The van der Waals surface area contributed by atoms with E-state index >= 15 is 0 Å². The van der Waals surface area contributed by atoms with Gasteiger partial charge in [-0.2, -0.15) is 0 Å². The van der Waals surface area contributed by atoms with Gasteiger partial charge < -0.3 is 0 Å². The van der Waals surface area contributed by atoms with Crippen molar-refractivity contribution in [3.8, 4) is 0 Å². The summed E-state index contributed by atoms with van der Waals surface area (Å²) in [5.74, 6) is 0.717. The molecule has 0 heterocycles. The fourth-order valence-electron chi connectivity index (χ4n) is 1.09. The molecular formula is C10H20. The Hall–Kier alpha value is 0. The van der Waals surface area contributed by atoms with E-state index in [1.807, 2.05) is 0 Å². The van der Waals surface area contributed by atoms with Gasteiger partial charge >= 0.3 is 0 Å². The summed E-state index contributed by atoms with van der Waals surface area (Å²) < 4.78 is 0. The molecule has 0 aromatic rings. The Morgan fingerprint density at radius 1 is 1.30 bits per heavy atom. The normalized spacial score (nSPS) is 15.3. The third-order valence-electron chi connectivity index (χ3n) is 2.59. The molecule has 0 aromatic heterocycles. The van der Waals surface area contributed by atoms with Crippen LogP contribution in [-0.4, -0.2) is 0 Å². The predicted molar refractivity (Wildman–Crippen MR) is 47.5 cm³/mol. The van der Waals surface area contributed by atoms with Gasteiger partial charge in [0.25, 0.3) is 0 Å². The number of hydrogen-bond donors (Lipinski definition) is 0. The lowest BCUT2D eigenvalue weighted by atomic mass is 9.75. The zero-order chi connectivity index (χ0) is 8.20. The Kier molecular flexibility index (Phi) is 4.00. The van der Waals surface area contributed by atoms with Crippen LogP contribution >= 0.6 is 0 Å². The third kappa shape index (κ3) is 2.72. The summed E-state index contributed by atoms with van der Waals surface area (Å²) in [5, 5.41) is 0. The minimum Gasteiger partial charge on any atom is -0.0620 e. The fourth-order valence-corrected chi connectivity index (χ4v) is 1.09. The first-order valence-corrected chi connectivity index (χ1v) is 4.13. The Morgan fingerprint density at radius 3 is 2.10 bits per heavy atom. The highest BCUT2D eigenvalue weighted by Crippen LogP contribution is 2.33. The Morgan fingerprint density at radius 2 is 1.80 bits per heavy atom. The minimum absolute atomic E-state index is 0.434. The molecule has 0 nitrogen and oxygen atoms in total. The summed E-state index contributed by atoms with van der Waals surface area (Å²) in [6, 6.07) is 0. The highest BCUT2D eigenvalue weighted by molar-refractivity contribution is 4.75. The lowest BCUT2D eigenvalue weighted by Gasteiger charge is -2.30. The van der Waals surface area contributed by atoms with E-state index in [9.17, 15) is 0 Å². The molecule has 1 atom stereocenters. The molecule has 0 rings (SSSR count). The molecule has 60 valence electrons. The average Bonchev–Trinajstić information content (AvgIpc) is 1.86. The van der Waals surface area contributed by atoms with Crippen molar-refractivity contribution < 1.29 is 0 Å². The van der Waals surface area contributed by atoms with Gasteiger partial charge in [-0.1, -0.05) is 47.5 Å². The van der Waals surface area contributed by atoms with Crippen LogP contribution in [0.2, 0.25) is 0 Å². The first-order valence-electron chi connectivity index (χ1n) is 4.13. The van der Waals surface area contributed by atoms with Crippen LogP contribution in [0.4, 0.5) is 0 Å². The van der Waals surface area contributed by atoms with E-state index in [1.165, 1.54) is 6.42 Å². The number of rotatable bonds is 4. The average molecular weight is 140 g/mol. The quantitative estimate of drug-likeness (QED) is 0.560. The summed E-state index contributed by atoms with van der Waals surface area (Å²) in [6.45, 7) is 14.6. The van der Waals surface area contributed by atoms with Crippen molar-refractivity contribution >= 4 is 0 Å². The topological polar surface area (TPSA) is 0 Å². The van der Waals surface area contributed by atoms with Crippen molar-refractivity contribution in [2.45, 2.75) is 40.0 Å². The molecule has 0 aliphatic rings. The highest BCUT2D eigenvalue weighted by atomic mass is 14.3. The van der Waals surface area contributed by atoms with Gasteiger partial charge in [-0.15, -0.1) is 0 Å². The fraction of sp³-hybridized carbons (Fsp3) is 0.800. The summed E-state index contributed by atoms with van der Waals surface area (Å²) in [6.07, 6.45) is 3.29. The van der Waals surface area contributed by atoms with Gasteiger partial charge in [0.05, 0.1) is 0 Å². The minimum atomic E-state index is 0.434. The van der Waals surface area contributed by atoms with Crippen molar-refractivity contribution in [1.29, 1.82) is 0 Å². The highest BCUT2D eigenvalue weighted by Gasteiger charge is 2.22. The molecule has 0 aliphatic carbocycles. The van der Waals surface area contributed by atoms with Gasteiger partial charge in [0.15, 0.2) is 0 Å². The van der Waals surface area contributed by atoms with Crippen LogP contribution in [0.1, 0.15) is 40.0 Å². The molecule has 0 spiro atoms. The van der Waals surface area contributed by atoms with Gasteiger partial charge in [-0.3, -0.25) is 0 Å². The molecule has 0 N–H and O–H groups in total. The summed E-state index contributed by atoms with van der Waals surface area (Å²) >= 11 is 0. The second kappa shape index (κ2) is 4.00. The smallest absolute Gasteiger partial charge is 0.0329 e. The van der Waals surface area contributed by atoms with E-state index < -0.39 is 0 Å². The molecule has 0 saturated carbocycles. The number of hydrogen-bond acceptors (Lipinski definition) is 0. The molecular weight excluding hydrogens is 120 g/mol. The standard InChI is InChI=1S/C10H20/c1-6-8-10(4,5)9(3)7-2/h9H,1-2,6-8H2,3-5H3. The largest absolute Gasteiger partial charge is 0.0620 e. The first-order chi connectivity index (χ1) is 4.54. The van der Waals surface area contributed by atoms with Crippen molar-refractivity contribution in [2.75, 3.05) is 0 Å². The molecule has 0 bridgehead atoms. The molecule has 0 aromatic carbocycles. The van der Waals surface area contributed by atoms with Gasteiger partial charge in [0.1, 0.15) is 0 Å². The monoisotopic (exact) mass is 140 g/mol. The third-order valence-corrected chi connectivity index (χ3v) is 2.59. The van der Waals surface area contributed by atoms with Crippen molar-refractivity contribution in [3.63, 3.8) is 0 Å². The Balaban J connectivity index is 3.82. The van der Waals surface area contributed by atoms with Crippen molar-refractivity contribution in [3.05, 3.63) is 13.8 Å². The lowest BCUT2D eigenvalue weighted by Crippen LogP contribution is -2.20. The SMILES string of the molecule is [CH2]CCC(C)(C)C(C)C[CH2]. The van der Waals surface area contributed by atoms with Crippen LogP contribution in [0.25, 0.3) is 0 Å². The van der Waals surface area contributed by atoms with Crippen LogP contribution in [0.3, 0.4) is 0 Å². The van der Waals surface area contributed by atoms with E-state index in [0.29, 0.717) is 11.3 Å². The summed E-state index contributed by atoms with van der Waals surface area (Å²) in [4.78, 5) is 0. The van der Waals surface area contributed by atoms with Crippen molar-refractivity contribution in [2.24, 2.45) is 11.3 Å². The van der Waals surface area contributed by atoms with E-state index in [-0.39, 0.29) is 0 Å². The first kappa shape index (κ1) is 10.0. The summed E-state index contributed by atoms with van der Waals surface area (Å²) in [5.41, 5.74) is 0.434. The lowest BCUT2D eigenvalue weighted by molar-refractivity contribution is 0.214. The van der Waals surface area contributed by atoms with Crippen LogP contribution < -0.4 is 0 Å². The zero-order valence-corrected chi connectivity index (χ0v) is 7.61. The maximum Gasteiger partial charge on any atom is -0.0329 e. The maximum atomic E-state index is 3.91. The molecule has 0 amide bonds. The van der Waals surface area contributed by atoms with Gasteiger partial charge in [0.2, 0.25) is 0 Å². The Labute approximate surface area is 66.0 Å². The van der Waals surface area contributed by atoms with Crippen LogP contribution in [0.5, 0.6) is 0 Å². The Bertz CT molecular complexity index is 82.0. The molecule has 0 fully saturated rings. The van der Waals surface area contributed by atoms with E-state index in [4.69, 9.17) is 0 Å². The van der Waals surface area contributed by atoms with Crippen LogP contribution in [0, 0.1) is 25.2 Å². The van der Waals surface area contributed by atoms with Gasteiger partial charge in [-0.25, -0.2) is 0 Å². The predicted octanol–water partition coefficient (Wildman–Crippen LogP) is 3.49. The van der Waals surface area contributed by atoms with Gasteiger partial charge in [0, 0.05) is 0 Å². The van der Waals surface area contributed by atoms with Crippen LogP contribution in [-0.2, 0) is 0 Å². The van der Waals surface area contributed by atoms with E-state index in [0.717, 1.165) is 12.8 Å².